The Hall–Kier alpha value is -2.55. The summed E-state index contributed by atoms with van der Waals surface area (Å²) in [5, 5.41) is 61.7. The van der Waals surface area contributed by atoms with Crippen LogP contribution in [-0.4, -0.2) is 165 Å². The van der Waals surface area contributed by atoms with Crippen molar-refractivity contribution in [2.75, 3.05) is 33.1 Å². The molecule has 6 N–H and O–H groups in total. The van der Waals surface area contributed by atoms with E-state index in [9.17, 15) is 39.5 Å². The van der Waals surface area contributed by atoms with Crippen LogP contribution in [0.3, 0.4) is 0 Å². The van der Waals surface area contributed by atoms with Gasteiger partial charge in [-0.2, -0.15) is 0 Å². The molecule has 0 unspecified atom stereocenters. The Balaban J connectivity index is 1.78. The van der Waals surface area contributed by atoms with Crippen LogP contribution in [-0.2, 0) is 33.2 Å². The topological polar surface area (TPSA) is 209 Å². The second kappa shape index (κ2) is 20.5. The number of aliphatic hydroxyl groups is 5. The summed E-state index contributed by atoms with van der Waals surface area (Å²) in [4.78, 5) is 31.0. The molecule has 1 aromatic carbocycles. The normalized spacial score (nSPS) is 43.7. The lowest BCUT2D eigenvalue weighted by molar-refractivity contribution is -0.317. The van der Waals surface area contributed by atoms with E-state index in [1.807, 2.05) is 11.8 Å². The number of nitrogens with one attached hydrogen (secondary N) is 1. The van der Waals surface area contributed by atoms with Crippen molar-refractivity contribution in [3.63, 3.8) is 0 Å². The molecule has 0 spiro atoms. The predicted octanol–water partition coefficient (Wildman–Crippen LogP) is 3.64. The third kappa shape index (κ3) is 11.8. The van der Waals surface area contributed by atoms with Crippen molar-refractivity contribution in [3.05, 3.63) is 30.1 Å². The minimum Gasteiger partial charge on any atom is -0.459 e. The molecule has 16 nitrogen and oxygen atoms in total. The van der Waals surface area contributed by atoms with Gasteiger partial charge in [0.25, 0.3) is 0 Å². The van der Waals surface area contributed by atoms with Gasteiger partial charge in [-0.15, -0.1) is 0 Å². The molecule has 0 aromatic heterocycles. The number of ether oxygens (including phenoxy) is 6. The maximum atomic E-state index is 14.4. The van der Waals surface area contributed by atoms with Gasteiger partial charge in [0.1, 0.15) is 35.8 Å². The first-order chi connectivity index (χ1) is 28.3. The van der Waals surface area contributed by atoms with Gasteiger partial charge in [-0.1, -0.05) is 20.8 Å². The number of urea groups is 1. The molecule has 0 radical (unpaired) electrons. The van der Waals surface area contributed by atoms with Crippen molar-refractivity contribution in [2.45, 2.75) is 185 Å². The van der Waals surface area contributed by atoms with Gasteiger partial charge in [0.2, 0.25) is 0 Å². The summed E-state index contributed by atoms with van der Waals surface area (Å²) in [5.41, 5.74) is -4.29. The summed E-state index contributed by atoms with van der Waals surface area (Å²) < 4.78 is 51.2. The number of methoxy groups -OCH3 is 1. The van der Waals surface area contributed by atoms with Crippen LogP contribution >= 0.6 is 0 Å². The Bertz CT molecular complexity index is 1590. The van der Waals surface area contributed by atoms with Crippen molar-refractivity contribution in [1.29, 1.82) is 0 Å². The van der Waals surface area contributed by atoms with Crippen LogP contribution in [0, 0.1) is 23.6 Å². The molecule has 61 heavy (non-hydrogen) atoms. The molecule has 18 atom stereocenters. The van der Waals surface area contributed by atoms with Gasteiger partial charge in [0.15, 0.2) is 12.6 Å². The molecule has 0 bridgehead atoms. The second-order valence-electron chi connectivity index (χ2n) is 18.7. The third-order valence-corrected chi connectivity index (χ3v) is 13.5. The van der Waals surface area contributed by atoms with Gasteiger partial charge in [-0.25, -0.2) is 9.18 Å². The second-order valence-corrected chi connectivity index (χ2v) is 18.7. The van der Waals surface area contributed by atoms with Crippen LogP contribution in [0.25, 0.3) is 0 Å². The van der Waals surface area contributed by atoms with E-state index in [2.05, 4.69) is 5.32 Å². The van der Waals surface area contributed by atoms with Gasteiger partial charge in [0.05, 0.1) is 47.6 Å². The Kier molecular flexibility index (Phi) is 17.2. The zero-order valence-electron chi connectivity index (χ0n) is 38.3. The van der Waals surface area contributed by atoms with Gasteiger partial charge < -0.3 is 69.1 Å². The van der Waals surface area contributed by atoms with Crippen LogP contribution in [0.4, 0.5) is 14.9 Å². The number of cyclic esters (lactones) is 1. The van der Waals surface area contributed by atoms with E-state index in [0.29, 0.717) is 12.2 Å². The number of esters is 1. The predicted molar refractivity (Wildman–Crippen MR) is 224 cm³/mol. The van der Waals surface area contributed by atoms with Crippen LogP contribution in [0.5, 0.6) is 0 Å². The van der Waals surface area contributed by atoms with E-state index in [1.165, 1.54) is 50.2 Å². The Morgan fingerprint density at radius 3 is 2.20 bits per heavy atom. The van der Waals surface area contributed by atoms with Crippen molar-refractivity contribution in [1.82, 2.24) is 9.80 Å². The number of rotatable bonds is 8. The van der Waals surface area contributed by atoms with E-state index >= 15 is 0 Å². The Morgan fingerprint density at radius 1 is 0.984 bits per heavy atom. The fraction of sp³-hybridized carbons (Fsp3) is 0.818. The summed E-state index contributed by atoms with van der Waals surface area (Å²) in [6.07, 6.45) is -10.3. The average Bonchev–Trinajstić information content (AvgIpc) is 3.19. The molecule has 4 rings (SSSR count). The highest BCUT2D eigenvalue weighted by Gasteiger charge is 2.53. The van der Waals surface area contributed by atoms with E-state index < -0.39 is 120 Å². The lowest BCUT2D eigenvalue weighted by Crippen LogP contribution is -2.61. The maximum Gasteiger partial charge on any atom is 0.321 e. The molecule has 2 amide bonds. The quantitative estimate of drug-likeness (QED) is 0.206. The van der Waals surface area contributed by atoms with E-state index in [-0.39, 0.29) is 31.6 Å². The zero-order chi connectivity index (χ0) is 45.9. The van der Waals surface area contributed by atoms with E-state index in [1.54, 1.807) is 62.4 Å². The van der Waals surface area contributed by atoms with Crippen LogP contribution in [0.1, 0.15) is 94.9 Å². The van der Waals surface area contributed by atoms with Crippen LogP contribution < -0.4 is 5.32 Å². The maximum absolute atomic E-state index is 14.4. The first kappa shape index (κ1) is 51.1. The zero-order valence-corrected chi connectivity index (χ0v) is 38.3. The molecule has 0 aliphatic carbocycles. The summed E-state index contributed by atoms with van der Waals surface area (Å²) in [5.74, 6) is -3.45. The summed E-state index contributed by atoms with van der Waals surface area (Å²) >= 11 is 0. The molecule has 3 aliphatic rings. The van der Waals surface area contributed by atoms with Gasteiger partial charge >= 0.3 is 12.0 Å². The number of halogens is 1. The van der Waals surface area contributed by atoms with Crippen molar-refractivity contribution < 1.29 is 67.9 Å². The number of aliphatic hydroxyl groups excluding tert-OH is 3. The number of nitrogens with zero attached hydrogens (tertiary/aromatic N) is 2. The summed E-state index contributed by atoms with van der Waals surface area (Å²) in [7, 11) is 4.80. The standard InChI is InChI=1S/C44H74FN3O13/c1-14-32-44(10,55)36(50)27(6)47(11)22-23(2)20-42(8,54)38(25(4)35(26(5)39(52)59-32)60-33-21-43(9,56-13)37(51)28(7)58-33)61-40-34(49)31(19-24(3)57-40)48(12)41(53)46-30-17-15-29(45)16-18-30/h15-18,23-28,31-38,40,49-51,54-55H,14,19-22H2,1-13H3,(H,46,53)/t23-,24-,25+,26-,27-,28+,31+,32-,33+,34-,35+,36-,37+,38-,40+,42-,43-,44-/m1/s1. The fourth-order valence-electron chi connectivity index (χ4n) is 9.50. The number of hydrogen-bond acceptors (Lipinski definition) is 14. The smallest absolute Gasteiger partial charge is 0.321 e. The number of anilines is 1. The number of hydrogen-bond donors (Lipinski definition) is 6. The highest BCUT2D eigenvalue weighted by molar-refractivity contribution is 5.89. The Labute approximate surface area is 360 Å². The highest BCUT2D eigenvalue weighted by atomic mass is 19.1. The number of benzene rings is 1. The molecular weight excluding hydrogens is 797 g/mol. The molecule has 3 saturated heterocycles. The highest BCUT2D eigenvalue weighted by Crippen LogP contribution is 2.40. The molecule has 3 fully saturated rings. The molecule has 350 valence electrons. The van der Waals surface area contributed by atoms with E-state index in [4.69, 9.17) is 28.4 Å². The van der Waals surface area contributed by atoms with Crippen molar-refractivity contribution in [2.24, 2.45) is 17.8 Å². The van der Waals surface area contributed by atoms with Crippen molar-refractivity contribution in [3.8, 4) is 0 Å². The Morgan fingerprint density at radius 2 is 1.61 bits per heavy atom. The molecule has 3 heterocycles. The molecule has 3 aliphatic heterocycles. The average molecular weight is 872 g/mol. The third-order valence-electron chi connectivity index (χ3n) is 13.5. The number of likely N-dealkylation sites (N-methyl/N-ethyl adjacent to an activating group) is 2. The summed E-state index contributed by atoms with van der Waals surface area (Å²) in [6, 6.07) is 3.30. The SMILES string of the molecule is CC[C@H]1OC(=O)[C@H](C)[C@@H](O[C@H]2C[C@@](C)(OC)[C@@H](O)[C@H](C)O2)[C@H](C)[C@@H](O[C@@H]2O[C@H](C)C[C@H](N(C)C(=O)Nc3ccc(F)cc3)[C@H]2O)[C@](C)(O)C[C@@H](C)CN(C)[C@H](C)[C@@H](O)[C@]1(C)O. The summed E-state index contributed by atoms with van der Waals surface area (Å²) in [6.45, 7) is 17.4. The van der Waals surface area contributed by atoms with Crippen LogP contribution in [0.2, 0.25) is 0 Å². The first-order valence-electron chi connectivity index (χ1n) is 21.6. The monoisotopic (exact) mass is 872 g/mol. The number of carbonyl (C=O) groups excluding carboxylic acids is 2. The van der Waals surface area contributed by atoms with Gasteiger partial charge in [-0.3, -0.25) is 4.79 Å². The van der Waals surface area contributed by atoms with E-state index in [0.717, 1.165) is 0 Å². The fourth-order valence-corrected chi connectivity index (χ4v) is 9.50. The van der Waals surface area contributed by atoms with Crippen molar-refractivity contribution >= 4 is 17.7 Å². The number of carbonyl (C=O) groups is 2. The number of amides is 2. The van der Waals surface area contributed by atoms with Gasteiger partial charge in [-0.05, 0) is 105 Å². The lowest BCUT2D eigenvalue weighted by Gasteiger charge is -2.49. The lowest BCUT2D eigenvalue weighted by atomic mass is 9.77. The first-order valence-corrected chi connectivity index (χ1v) is 21.6. The minimum atomic E-state index is -1.86. The molecule has 17 heteroatoms. The minimum absolute atomic E-state index is 0.0671. The van der Waals surface area contributed by atoms with Crippen LogP contribution in [0.15, 0.2) is 24.3 Å². The molecule has 0 saturated carbocycles. The largest absolute Gasteiger partial charge is 0.459 e. The van der Waals surface area contributed by atoms with Gasteiger partial charge in [0, 0.05) is 44.8 Å². The molecule has 1 aromatic rings. The molecular formula is C44H74FN3O13.